The molecule has 20 heavy (non-hydrogen) atoms. The lowest BCUT2D eigenvalue weighted by molar-refractivity contribution is 0.318. The van der Waals surface area contributed by atoms with Gasteiger partial charge in [-0.3, -0.25) is 0 Å². The van der Waals surface area contributed by atoms with Gasteiger partial charge in [-0.2, -0.15) is 0 Å². The molecule has 0 bridgehead atoms. The standard InChI is InChI=1S/C14H11ClN4O/c15-10-5-2-6-11-12(10)18-14(17-11)9-4-1-3-8(7-9)13(16)19-20/h1-7,20H,(H2,16,19)(H,17,18). The van der Waals surface area contributed by atoms with Gasteiger partial charge in [0.05, 0.1) is 10.5 Å². The third-order valence-corrected chi connectivity index (χ3v) is 3.31. The highest BCUT2D eigenvalue weighted by molar-refractivity contribution is 6.35. The van der Waals surface area contributed by atoms with Crippen molar-refractivity contribution in [2.75, 3.05) is 0 Å². The van der Waals surface area contributed by atoms with Crippen LogP contribution in [-0.4, -0.2) is 21.0 Å². The number of nitrogens with two attached hydrogens (primary N) is 1. The van der Waals surface area contributed by atoms with E-state index < -0.39 is 0 Å². The number of nitrogens with zero attached hydrogens (tertiary/aromatic N) is 2. The molecule has 3 rings (SSSR count). The van der Waals surface area contributed by atoms with Gasteiger partial charge in [-0.1, -0.05) is 41.0 Å². The van der Waals surface area contributed by atoms with Gasteiger partial charge in [0.25, 0.3) is 0 Å². The SMILES string of the molecule is N/C(=N\O)c1cccc(-c2nc3c(Cl)cccc3[nH]2)c1. The van der Waals surface area contributed by atoms with Crippen molar-refractivity contribution in [3.05, 3.63) is 53.1 Å². The van der Waals surface area contributed by atoms with E-state index in [0.717, 1.165) is 16.6 Å². The summed E-state index contributed by atoms with van der Waals surface area (Å²) < 4.78 is 0. The number of nitrogens with one attached hydrogen (secondary N) is 1. The Bertz CT molecular complexity index is 810. The van der Waals surface area contributed by atoms with E-state index in [1.807, 2.05) is 24.3 Å². The Morgan fingerprint density at radius 2 is 2.05 bits per heavy atom. The number of aromatic amines is 1. The minimum absolute atomic E-state index is 0.0565. The van der Waals surface area contributed by atoms with Gasteiger partial charge in [-0.05, 0) is 18.2 Å². The summed E-state index contributed by atoms with van der Waals surface area (Å²) in [7, 11) is 0. The molecular weight excluding hydrogens is 276 g/mol. The highest BCUT2D eigenvalue weighted by Crippen LogP contribution is 2.25. The molecule has 3 aromatic rings. The van der Waals surface area contributed by atoms with Crippen molar-refractivity contribution in [2.24, 2.45) is 10.9 Å². The third kappa shape index (κ3) is 2.08. The first-order chi connectivity index (χ1) is 9.69. The average molecular weight is 287 g/mol. The number of imidazole rings is 1. The van der Waals surface area contributed by atoms with Crippen molar-refractivity contribution < 1.29 is 5.21 Å². The van der Waals surface area contributed by atoms with Crippen LogP contribution in [0.2, 0.25) is 5.02 Å². The van der Waals surface area contributed by atoms with Crippen LogP contribution < -0.4 is 5.73 Å². The molecule has 2 aromatic carbocycles. The molecule has 0 radical (unpaired) electrons. The number of halogens is 1. The van der Waals surface area contributed by atoms with Crippen molar-refractivity contribution in [3.63, 3.8) is 0 Å². The second-order valence-corrected chi connectivity index (χ2v) is 4.69. The Hall–Kier alpha value is -2.53. The summed E-state index contributed by atoms with van der Waals surface area (Å²) in [6.45, 7) is 0. The molecule has 1 heterocycles. The van der Waals surface area contributed by atoms with Crippen LogP contribution in [0.1, 0.15) is 5.56 Å². The fourth-order valence-corrected chi connectivity index (χ4v) is 2.23. The number of para-hydroxylation sites is 1. The molecular formula is C14H11ClN4O. The summed E-state index contributed by atoms with van der Waals surface area (Å²) in [5.41, 5.74) is 8.63. The molecule has 0 spiro atoms. The van der Waals surface area contributed by atoms with Crippen molar-refractivity contribution in [1.29, 1.82) is 0 Å². The van der Waals surface area contributed by atoms with Crippen LogP contribution in [0.3, 0.4) is 0 Å². The Morgan fingerprint density at radius 1 is 1.25 bits per heavy atom. The summed E-state index contributed by atoms with van der Waals surface area (Å²) in [6.07, 6.45) is 0. The predicted octanol–water partition coefficient (Wildman–Crippen LogP) is 2.98. The minimum Gasteiger partial charge on any atom is -0.409 e. The summed E-state index contributed by atoms with van der Waals surface area (Å²) in [5, 5.41) is 12.3. The van der Waals surface area contributed by atoms with Crippen LogP contribution in [0.25, 0.3) is 22.4 Å². The highest BCUT2D eigenvalue weighted by Gasteiger charge is 2.09. The summed E-state index contributed by atoms with van der Waals surface area (Å²) in [5.74, 6) is 0.738. The van der Waals surface area contributed by atoms with Gasteiger partial charge in [-0.15, -0.1) is 0 Å². The van der Waals surface area contributed by atoms with Gasteiger partial charge < -0.3 is 15.9 Å². The third-order valence-electron chi connectivity index (χ3n) is 3.00. The Morgan fingerprint density at radius 3 is 2.80 bits per heavy atom. The van der Waals surface area contributed by atoms with Crippen LogP contribution in [0.5, 0.6) is 0 Å². The monoisotopic (exact) mass is 286 g/mol. The summed E-state index contributed by atoms with van der Waals surface area (Å²) >= 11 is 6.11. The molecule has 4 N–H and O–H groups in total. The highest BCUT2D eigenvalue weighted by atomic mass is 35.5. The molecule has 0 amide bonds. The number of hydrogen-bond acceptors (Lipinski definition) is 3. The van der Waals surface area contributed by atoms with Gasteiger partial charge in [-0.25, -0.2) is 4.98 Å². The molecule has 0 aliphatic carbocycles. The number of rotatable bonds is 2. The summed E-state index contributed by atoms with van der Waals surface area (Å²) in [4.78, 5) is 7.68. The zero-order chi connectivity index (χ0) is 14.1. The van der Waals surface area contributed by atoms with E-state index in [4.69, 9.17) is 22.5 Å². The maximum absolute atomic E-state index is 8.72. The Labute approximate surface area is 119 Å². The number of oxime groups is 1. The van der Waals surface area contributed by atoms with E-state index in [2.05, 4.69) is 15.1 Å². The first-order valence-corrected chi connectivity index (χ1v) is 6.29. The van der Waals surface area contributed by atoms with Crippen molar-refractivity contribution >= 4 is 28.5 Å². The maximum Gasteiger partial charge on any atom is 0.170 e. The number of benzene rings is 2. The number of H-pyrrole nitrogens is 1. The van der Waals surface area contributed by atoms with E-state index in [0.29, 0.717) is 16.4 Å². The second-order valence-electron chi connectivity index (χ2n) is 4.29. The number of aromatic nitrogens is 2. The fourth-order valence-electron chi connectivity index (χ4n) is 2.02. The van der Waals surface area contributed by atoms with Gasteiger partial charge >= 0.3 is 0 Å². The van der Waals surface area contributed by atoms with Crippen molar-refractivity contribution in [3.8, 4) is 11.4 Å². The predicted molar refractivity (Wildman–Crippen MR) is 79.1 cm³/mol. The molecule has 0 fully saturated rings. The van der Waals surface area contributed by atoms with E-state index in [-0.39, 0.29) is 5.84 Å². The largest absolute Gasteiger partial charge is 0.409 e. The van der Waals surface area contributed by atoms with E-state index >= 15 is 0 Å². The molecule has 0 unspecified atom stereocenters. The lowest BCUT2D eigenvalue weighted by Crippen LogP contribution is -2.12. The van der Waals surface area contributed by atoms with E-state index in [1.165, 1.54) is 0 Å². The molecule has 0 atom stereocenters. The molecule has 6 heteroatoms. The first-order valence-electron chi connectivity index (χ1n) is 5.91. The van der Waals surface area contributed by atoms with Crippen LogP contribution in [-0.2, 0) is 0 Å². The van der Waals surface area contributed by atoms with Crippen LogP contribution >= 0.6 is 11.6 Å². The molecule has 0 saturated carbocycles. The van der Waals surface area contributed by atoms with Gasteiger partial charge in [0.1, 0.15) is 11.3 Å². The van der Waals surface area contributed by atoms with E-state index in [1.54, 1.807) is 18.2 Å². The lowest BCUT2D eigenvalue weighted by atomic mass is 10.1. The number of fused-ring (bicyclic) bond motifs is 1. The van der Waals surface area contributed by atoms with Crippen LogP contribution in [0, 0.1) is 0 Å². The Kier molecular flexibility index (Phi) is 3.04. The second kappa shape index (κ2) is 4.86. The zero-order valence-electron chi connectivity index (χ0n) is 10.3. The zero-order valence-corrected chi connectivity index (χ0v) is 11.1. The van der Waals surface area contributed by atoms with Crippen molar-refractivity contribution in [2.45, 2.75) is 0 Å². The molecule has 100 valence electrons. The van der Waals surface area contributed by atoms with Gasteiger partial charge in [0, 0.05) is 11.1 Å². The maximum atomic E-state index is 8.72. The lowest BCUT2D eigenvalue weighted by Gasteiger charge is -2.01. The fraction of sp³-hybridized carbons (Fsp3) is 0. The van der Waals surface area contributed by atoms with Gasteiger partial charge in [0.15, 0.2) is 5.84 Å². The molecule has 1 aromatic heterocycles. The normalized spacial score (nSPS) is 11.9. The Balaban J connectivity index is 2.13. The van der Waals surface area contributed by atoms with Crippen LogP contribution in [0.4, 0.5) is 0 Å². The van der Waals surface area contributed by atoms with Crippen molar-refractivity contribution in [1.82, 2.24) is 9.97 Å². The van der Waals surface area contributed by atoms with Crippen LogP contribution in [0.15, 0.2) is 47.6 Å². The summed E-state index contributed by atoms with van der Waals surface area (Å²) in [6, 6.07) is 12.8. The number of amidine groups is 1. The van der Waals surface area contributed by atoms with E-state index in [9.17, 15) is 0 Å². The smallest absolute Gasteiger partial charge is 0.170 e. The molecule has 0 aliphatic rings. The molecule has 5 nitrogen and oxygen atoms in total. The molecule has 0 aliphatic heterocycles. The number of hydrogen-bond donors (Lipinski definition) is 3. The quantitative estimate of drug-likeness (QED) is 0.293. The topological polar surface area (TPSA) is 87.3 Å². The first kappa shape index (κ1) is 12.5. The minimum atomic E-state index is 0.0565. The average Bonchev–Trinajstić information content (AvgIpc) is 2.92. The molecule has 0 saturated heterocycles. The van der Waals surface area contributed by atoms with Gasteiger partial charge in [0.2, 0.25) is 0 Å².